The van der Waals surface area contributed by atoms with Crippen LogP contribution >= 0.6 is 22.9 Å². The highest BCUT2D eigenvalue weighted by atomic mass is 35.5. The van der Waals surface area contributed by atoms with Gasteiger partial charge in [0, 0.05) is 16.7 Å². The first-order chi connectivity index (χ1) is 11.5. The van der Waals surface area contributed by atoms with E-state index in [1.807, 2.05) is 37.3 Å². The van der Waals surface area contributed by atoms with Crippen molar-refractivity contribution in [3.8, 4) is 0 Å². The fourth-order valence-corrected chi connectivity index (χ4v) is 3.29. The first-order valence-electron chi connectivity index (χ1n) is 7.31. The average molecular weight is 356 g/mol. The second-order valence-corrected chi connectivity index (χ2v) is 6.82. The van der Waals surface area contributed by atoms with E-state index in [1.54, 1.807) is 24.3 Å². The lowest BCUT2D eigenvalue weighted by Gasteiger charge is -1.99. The summed E-state index contributed by atoms with van der Waals surface area (Å²) < 4.78 is 1.08. The monoisotopic (exact) mass is 355 g/mol. The minimum Gasteiger partial charge on any atom is -0.313 e. The quantitative estimate of drug-likeness (QED) is 0.734. The normalized spacial score (nSPS) is 12.6. The number of rotatable bonds is 3. The van der Waals surface area contributed by atoms with Crippen LogP contribution in [0.15, 0.2) is 53.3 Å². The summed E-state index contributed by atoms with van der Waals surface area (Å²) in [6, 6.07) is 14.6. The van der Waals surface area contributed by atoms with Gasteiger partial charge in [-0.25, -0.2) is 0 Å². The number of Topliss-reactive ketones (excluding diaryl/α,β-unsaturated/α-hetero) is 1. The number of ketones is 1. The van der Waals surface area contributed by atoms with E-state index in [1.165, 1.54) is 17.4 Å². The Hall–Kier alpha value is -2.43. The van der Waals surface area contributed by atoms with Gasteiger partial charge in [0.1, 0.15) is 0 Å². The van der Waals surface area contributed by atoms with Crippen molar-refractivity contribution in [3.63, 3.8) is 0 Å². The molecule has 0 amide bonds. The van der Waals surface area contributed by atoms with Gasteiger partial charge in [0.15, 0.2) is 5.78 Å². The number of aromatic nitrogens is 1. The number of carbonyl (C=O) groups is 1. The third kappa shape index (κ3) is 3.72. The van der Waals surface area contributed by atoms with E-state index in [9.17, 15) is 9.59 Å². The minimum absolute atomic E-state index is 0.122. The molecule has 0 aliphatic rings. The van der Waals surface area contributed by atoms with Crippen molar-refractivity contribution in [3.05, 3.63) is 89.8 Å². The van der Waals surface area contributed by atoms with Crippen LogP contribution in [-0.4, -0.2) is 10.8 Å². The molecule has 0 aliphatic heterocycles. The van der Waals surface area contributed by atoms with Gasteiger partial charge in [0.2, 0.25) is 0 Å². The number of aryl methyl sites for hydroxylation is 1. The zero-order chi connectivity index (χ0) is 17.1. The molecule has 0 saturated carbocycles. The first kappa shape index (κ1) is 16.4. The molecule has 0 aliphatic carbocycles. The number of carbonyl (C=O) groups excluding carboxylic acids is 1. The van der Waals surface area contributed by atoms with Crippen LogP contribution < -0.4 is 14.8 Å². The fraction of sp³-hybridized carbons (Fsp3) is 0.0526. The average Bonchev–Trinajstić information content (AvgIpc) is 2.89. The van der Waals surface area contributed by atoms with Gasteiger partial charge in [-0.15, -0.1) is 11.3 Å². The number of aromatic amines is 1. The van der Waals surface area contributed by atoms with Crippen LogP contribution in [0.4, 0.5) is 0 Å². The van der Waals surface area contributed by atoms with Gasteiger partial charge < -0.3 is 4.98 Å². The lowest BCUT2D eigenvalue weighted by atomic mass is 10.1. The van der Waals surface area contributed by atoms with Crippen LogP contribution in [0, 0.1) is 6.92 Å². The summed E-state index contributed by atoms with van der Waals surface area (Å²) >= 11 is 7.11. The Morgan fingerprint density at radius 2 is 1.83 bits per heavy atom. The lowest BCUT2D eigenvalue weighted by Crippen LogP contribution is -2.20. The van der Waals surface area contributed by atoms with Gasteiger partial charge in [0.05, 0.1) is 9.20 Å². The van der Waals surface area contributed by atoms with E-state index >= 15 is 0 Å². The zero-order valence-electron chi connectivity index (χ0n) is 12.9. The Morgan fingerprint density at radius 1 is 1.12 bits per heavy atom. The lowest BCUT2D eigenvalue weighted by molar-refractivity contribution is 0.106. The van der Waals surface area contributed by atoms with Crippen LogP contribution in [0.5, 0.6) is 0 Å². The number of hydrogen-bond donors (Lipinski definition) is 1. The molecule has 0 radical (unpaired) electrons. The molecule has 0 atom stereocenters. The van der Waals surface area contributed by atoms with Gasteiger partial charge in [-0.05, 0) is 36.3 Å². The predicted octanol–water partition coefficient (Wildman–Crippen LogP) is 2.89. The molecule has 0 fully saturated rings. The topological polar surface area (TPSA) is 49.9 Å². The molecular formula is C19H14ClNO2S. The summed E-state index contributed by atoms with van der Waals surface area (Å²) in [7, 11) is 0. The van der Waals surface area contributed by atoms with Gasteiger partial charge in [-0.3, -0.25) is 9.59 Å². The highest BCUT2D eigenvalue weighted by Crippen LogP contribution is 2.10. The number of hydrogen-bond acceptors (Lipinski definition) is 3. The molecule has 0 unspecified atom stereocenters. The molecule has 0 bridgehead atoms. The molecule has 1 aromatic heterocycles. The molecule has 24 heavy (non-hydrogen) atoms. The summed E-state index contributed by atoms with van der Waals surface area (Å²) in [5.74, 6) is -0.122. The van der Waals surface area contributed by atoms with Gasteiger partial charge >= 0.3 is 0 Å². The first-order valence-corrected chi connectivity index (χ1v) is 8.50. The fourth-order valence-electron chi connectivity index (χ4n) is 2.28. The van der Waals surface area contributed by atoms with Gasteiger partial charge in [0.25, 0.3) is 5.56 Å². The number of H-pyrrole nitrogens is 1. The van der Waals surface area contributed by atoms with Crippen LogP contribution in [0.3, 0.4) is 0 Å². The Bertz CT molecular complexity index is 1060. The van der Waals surface area contributed by atoms with Gasteiger partial charge in [-0.2, -0.15) is 0 Å². The summed E-state index contributed by atoms with van der Waals surface area (Å²) in [6.07, 6.45) is 3.24. The SMILES string of the molecule is Cc1ccccc1C(=O)C=c1[nH]c(=O)c(=Cc2ccc(Cl)cc2)s1. The highest BCUT2D eigenvalue weighted by Gasteiger charge is 2.05. The zero-order valence-corrected chi connectivity index (χ0v) is 14.4. The molecule has 0 saturated heterocycles. The standard InChI is InChI=1S/C19H14ClNO2S/c1-12-4-2-3-5-15(12)16(22)11-18-21-19(23)17(24-18)10-13-6-8-14(20)9-7-13/h2-11H,1H3,(H,21,23). The van der Waals surface area contributed by atoms with Crippen molar-refractivity contribution in [2.75, 3.05) is 0 Å². The summed E-state index contributed by atoms with van der Waals surface area (Å²) in [6.45, 7) is 1.89. The number of nitrogens with one attached hydrogen (secondary N) is 1. The molecule has 1 N–H and O–H groups in total. The summed E-state index contributed by atoms with van der Waals surface area (Å²) in [5, 5.41) is 0.644. The second kappa shape index (κ2) is 6.99. The summed E-state index contributed by atoms with van der Waals surface area (Å²) in [5.41, 5.74) is 2.21. The molecule has 3 aromatic rings. The van der Waals surface area contributed by atoms with Crippen LogP contribution in [0.2, 0.25) is 5.02 Å². The molecule has 120 valence electrons. The van der Waals surface area contributed by atoms with Crippen molar-refractivity contribution >= 4 is 40.9 Å². The molecule has 5 heteroatoms. The van der Waals surface area contributed by atoms with Crippen molar-refractivity contribution in [1.82, 2.24) is 4.98 Å². The highest BCUT2D eigenvalue weighted by molar-refractivity contribution is 7.07. The van der Waals surface area contributed by atoms with E-state index in [4.69, 9.17) is 11.6 Å². The van der Waals surface area contributed by atoms with Gasteiger partial charge in [-0.1, -0.05) is 48.0 Å². The van der Waals surface area contributed by atoms with E-state index in [2.05, 4.69) is 4.98 Å². The van der Waals surface area contributed by atoms with Crippen LogP contribution in [0.25, 0.3) is 12.2 Å². The number of thiazole rings is 1. The number of halogens is 1. The Balaban J connectivity index is 2.00. The Kier molecular flexibility index (Phi) is 4.79. The van der Waals surface area contributed by atoms with Crippen molar-refractivity contribution in [2.45, 2.75) is 6.92 Å². The van der Waals surface area contributed by atoms with Crippen molar-refractivity contribution in [2.24, 2.45) is 0 Å². The van der Waals surface area contributed by atoms with Crippen LogP contribution in [-0.2, 0) is 0 Å². The molecule has 3 rings (SSSR count). The van der Waals surface area contributed by atoms with E-state index < -0.39 is 0 Å². The van der Waals surface area contributed by atoms with Crippen molar-refractivity contribution < 1.29 is 4.79 Å². The minimum atomic E-state index is -0.209. The predicted molar refractivity (Wildman–Crippen MR) is 99.2 cm³/mol. The summed E-state index contributed by atoms with van der Waals surface area (Å²) in [4.78, 5) is 27.1. The largest absolute Gasteiger partial charge is 0.313 e. The molecule has 2 aromatic carbocycles. The maximum atomic E-state index is 12.4. The molecular weight excluding hydrogens is 342 g/mol. The third-order valence-corrected chi connectivity index (χ3v) is 4.74. The Labute approximate surface area is 147 Å². The van der Waals surface area contributed by atoms with Crippen molar-refractivity contribution in [1.29, 1.82) is 0 Å². The maximum Gasteiger partial charge on any atom is 0.266 e. The third-order valence-electron chi connectivity index (χ3n) is 3.52. The van der Waals surface area contributed by atoms with E-state index in [0.29, 0.717) is 19.8 Å². The molecule has 0 spiro atoms. The smallest absolute Gasteiger partial charge is 0.266 e. The Morgan fingerprint density at radius 3 is 2.54 bits per heavy atom. The molecule has 1 heterocycles. The van der Waals surface area contributed by atoms with E-state index in [-0.39, 0.29) is 11.3 Å². The molecule has 3 nitrogen and oxygen atoms in total. The van der Waals surface area contributed by atoms with Crippen LogP contribution in [0.1, 0.15) is 21.5 Å². The second-order valence-electron chi connectivity index (χ2n) is 5.30. The maximum absolute atomic E-state index is 12.4. The van der Waals surface area contributed by atoms with E-state index in [0.717, 1.165) is 11.1 Å². The number of benzene rings is 2.